The maximum Gasteiger partial charge on any atom is 0.0494 e. The van der Waals surface area contributed by atoms with Crippen LogP contribution in [0.1, 0.15) is 26.3 Å². The largest absolute Gasteiger partial charge is 0.338 e. The minimum atomic E-state index is 0.494. The second kappa shape index (κ2) is 4.33. The number of para-hydroxylation sites is 1. The van der Waals surface area contributed by atoms with Crippen molar-refractivity contribution in [1.82, 2.24) is 4.57 Å². The fourth-order valence-electron chi connectivity index (χ4n) is 2.63. The fourth-order valence-corrected chi connectivity index (χ4v) is 2.80. The quantitative estimate of drug-likeness (QED) is 0.578. The molecule has 1 aromatic heterocycles. The summed E-state index contributed by atoms with van der Waals surface area (Å²) in [5.41, 5.74) is 2.57. The second-order valence-corrected chi connectivity index (χ2v) is 5.24. The highest BCUT2D eigenvalue weighted by Crippen LogP contribution is 2.33. The van der Waals surface area contributed by atoms with E-state index in [1.807, 2.05) is 6.07 Å². The maximum absolute atomic E-state index is 6.13. The van der Waals surface area contributed by atoms with E-state index in [1.54, 1.807) is 0 Å². The summed E-state index contributed by atoms with van der Waals surface area (Å²) in [5.74, 6) is 0. The van der Waals surface area contributed by atoms with Crippen molar-refractivity contribution in [3.05, 3.63) is 47.5 Å². The molecule has 0 aliphatic heterocycles. The van der Waals surface area contributed by atoms with Gasteiger partial charge in [0.25, 0.3) is 0 Å². The zero-order chi connectivity index (χ0) is 12.7. The van der Waals surface area contributed by atoms with Crippen molar-refractivity contribution in [1.29, 1.82) is 0 Å². The Bertz CT molecular complexity index is 712. The van der Waals surface area contributed by atoms with Gasteiger partial charge in [0.05, 0.1) is 0 Å². The molecule has 2 aromatic carbocycles. The summed E-state index contributed by atoms with van der Waals surface area (Å²) in [6.45, 7) is 4.49. The number of rotatable bonds is 2. The molecule has 1 atom stereocenters. The molecule has 0 amide bonds. The van der Waals surface area contributed by atoms with Crippen LogP contribution in [0.4, 0.5) is 0 Å². The Morgan fingerprint density at radius 2 is 1.78 bits per heavy atom. The standard InChI is InChI=1S/C16H16ClN/c1-3-11(2)18-15-7-5-4-6-13(15)14-10-12(17)8-9-16(14)18/h4-11H,3H2,1-2H3. The van der Waals surface area contributed by atoms with Crippen LogP contribution in [0.5, 0.6) is 0 Å². The highest BCUT2D eigenvalue weighted by molar-refractivity contribution is 6.31. The van der Waals surface area contributed by atoms with E-state index in [0.29, 0.717) is 6.04 Å². The van der Waals surface area contributed by atoms with Crippen molar-refractivity contribution in [3.8, 4) is 0 Å². The van der Waals surface area contributed by atoms with Crippen molar-refractivity contribution in [3.63, 3.8) is 0 Å². The van der Waals surface area contributed by atoms with Crippen LogP contribution in [-0.4, -0.2) is 4.57 Å². The summed E-state index contributed by atoms with van der Waals surface area (Å²) >= 11 is 6.13. The van der Waals surface area contributed by atoms with Gasteiger partial charge in [-0.3, -0.25) is 0 Å². The van der Waals surface area contributed by atoms with Crippen molar-refractivity contribution >= 4 is 33.4 Å². The van der Waals surface area contributed by atoms with Gasteiger partial charge in [-0.2, -0.15) is 0 Å². The number of benzene rings is 2. The number of fused-ring (bicyclic) bond motifs is 3. The first kappa shape index (κ1) is 11.6. The molecule has 0 aliphatic rings. The Labute approximate surface area is 112 Å². The molecule has 0 spiro atoms. The maximum atomic E-state index is 6.13. The molecule has 1 nitrogen and oxygen atoms in total. The third-order valence-electron chi connectivity index (χ3n) is 3.70. The van der Waals surface area contributed by atoms with Crippen molar-refractivity contribution < 1.29 is 0 Å². The summed E-state index contributed by atoms with van der Waals surface area (Å²) in [7, 11) is 0. The van der Waals surface area contributed by atoms with Gasteiger partial charge in [-0.25, -0.2) is 0 Å². The van der Waals surface area contributed by atoms with E-state index in [-0.39, 0.29) is 0 Å². The van der Waals surface area contributed by atoms with Crippen LogP contribution in [-0.2, 0) is 0 Å². The Kier molecular flexibility index (Phi) is 2.79. The van der Waals surface area contributed by atoms with E-state index in [0.717, 1.165) is 11.4 Å². The number of hydrogen-bond acceptors (Lipinski definition) is 0. The summed E-state index contributed by atoms with van der Waals surface area (Å²) in [6, 6.07) is 15.2. The molecule has 3 rings (SSSR count). The van der Waals surface area contributed by atoms with Crippen LogP contribution in [0.15, 0.2) is 42.5 Å². The molecule has 18 heavy (non-hydrogen) atoms. The molecule has 3 aromatic rings. The predicted molar refractivity (Wildman–Crippen MR) is 79.5 cm³/mol. The molecule has 1 unspecified atom stereocenters. The van der Waals surface area contributed by atoms with Crippen molar-refractivity contribution in [2.75, 3.05) is 0 Å². The minimum absolute atomic E-state index is 0.494. The van der Waals surface area contributed by atoms with Crippen LogP contribution in [0.25, 0.3) is 21.8 Å². The van der Waals surface area contributed by atoms with Gasteiger partial charge in [0.2, 0.25) is 0 Å². The minimum Gasteiger partial charge on any atom is -0.338 e. The number of nitrogens with zero attached hydrogens (tertiary/aromatic N) is 1. The normalized spacial score (nSPS) is 13.3. The second-order valence-electron chi connectivity index (χ2n) is 4.81. The molecule has 0 saturated heterocycles. The first-order valence-corrected chi connectivity index (χ1v) is 6.78. The number of aromatic nitrogens is 1. The molecule has 1 heterocycles. The lowest BCUT2D eigenvalue weighted by molar-refractivity contribution is 0.563. The molecular formula is C16H16ClN. The van der Waals surface area contributed by atoms with Gasteiger partial charge in [0.15, 0.2) is 0 Å². The topological polar surface area (TPSA) is 4.93 Å². The van der Waals surface area contributed by atoms with Gasteiger partial charge in [0, 0.05) is 32.9 Å². The summed E-state index contributed by atoms with van der Waals surface area (Å²) in [5, 5.41) is 3.34. The smallest absolute Gasteiger partial charge is 0.0494 e. The molecular weight excluding hydrogens is 242 g/mol. The summed E-state index contributed by atoms with van der Waals surface area (Å²) < 4.78 is 2.42. The SMILES string of the molecule is CCC(C)n1c2ccccc2c2cc(Cl)ccc21. The zero-order valence-corrected chi connectivity index (χ0v) is 11.4. The van der Waals surface area contributed by atoms with Crippen LogP contribution >= 0.6 is 11.6 Å². The van der Waals surface area contributed by atoms with Gasteiger partial charge in [0.1, 0.15) is 0 Å². The highest BCUT2D eigenvalue weighted by Gasteiger charge is 2.13. The molecule has 92 valence electrons. The molecule has 2 heteroatoms. The van der Waals surface area contributed by atoms with Gasteiger partial charge in [-0.05, 0) is 37.6 Å². The molecule has 0 N–H and O–H groups in total. The van der Waals surface area contributed by atoms with Crippen LogP contribution in [0.2, 0.25) is 5.02 Å². The Morgan fingerprint density at radius 3 is 2.56 bits per heavy atom. The molecule has 0 saturated carbocycles. The van der Waals surface area contributed by atoms with Crippen LogP contribution in [0, 0.1) is 0 Å². The van der Waals surface area contributed by atoms with E-state index < -0.39 is 0 Å². The van der Waals surface area contributed by atoms with E-state index in [9.17, 15) is 0 Å². The van der Waals surface area contributed by atoms with Gasteiger partial charge in [-0.15, -0.1) is 0 Å². The number of hydrogen-bond donors (Lipinski definition) is 0. The van der Waals surface area contributed by atoms with E-state index in [1.165, 1.54) is 21.8 Å². The van der Waals surface area contributed by atoms with E-state index in [2.05, 4.69) is 54.8 Å². The molecule has 0 aliphatic carbocycles. The highest BCUT2D eigenvalue weighted by atomic mass is 35.5. The molecule has 0 radical (unpaired) electrons. The first-order valence-electron chi connectivity index (χ1n) is 6.40. The summed E-state index contributed by atoms with van der Waals surface area (Å²) in [6.07, 6.45) is 1.12. The first-order chi connectivity index (χ1) is 8.72. The van der Waals surface area contributed by atoms with Gasteiger partial charge in [-0.1, -0.05) is 36.7 Å². The molecule has 0 fully saturated rings. The van der Waals surface area contributed by atoms with E-state index >= 15 is 0 Å². The van der Waals surface area contributed by atoms with Gasteiger partial charge < -0.3 is 4.57 Å². The van der Waals surface area contributed by atoms with Crippen molar-refractivity contribution in [2.24, 2.45) is 0 Å². The fraction of sp³-hybridized carbons (Fsp3) is 0.250. The van der Waals surface area contributed by atoms with Crippen molar-refractivity contribution in [2.45, 2.75) is 26.3 Å². The lowest BCUT2D eigenvalue weighted by Gasteiger charge is -2.14. The summed E-state index contributed by atoms with van der Waals surface area (Å²) in [4.78, 5) is 0. The third-order valence-corrected chi connectivity index (χ3v) is 3.94. The van der Waals surface area contributed by atoms with E-state index in [4.69, 9.17) is 11.6 Å². The van der Waals surface area contributed by atoms with Crippen LogP contribution in [0.3, 0.4) is 0 Å². The predicted octanol–water partition coefficient (Wildman–Crippen LogP) is 5.42. The van der Waals surface area contributed by atoms with Gasteiger partial charge >= 0.3 is 0 Å². The average molecular weight is 258 g/mol. The third kappa shape index (κ3) is 1.62. The Hall–Kier alpha value is -1.47. The Morgan fingerprint density at radius 1 is 1.06 bits per heavy atom. The zero-order valence-electron chi connectivity index (χ0n) is 10.7. The number of halogens is 1. The average Bonchev–Trinajstić information content (AvgIpc) is 2.72. The Balaban J connectivity index is 2.49. The molecule has 0 bridgehead atoms. The lowest BCUT2D eigenvalue weighted by Crippen LogP contribution is -2.02. The monoisotopic (exact) mass is 257 g/mol. The van der Waals surface area contributed by atoms with Crippen LogP contribution < -0.4 is 0 Å². The lowest BCUT2D eigenvalue weighted by atomic mass is 10.2.